The average Bonchev–Trinajstić information content (AvgIpc) is 2.17. The lowest BCUT2D eigenvalue weighted by Gasteiger charge is -2.22. The number of rotatable bonds is 4. The van der Waals surface area contributed by atoms with Crippen molar-refractivity contribution in [2.24, 2.45) is 0 Å². The topological polar surface area (TPSA) is 55.5 Å². The molecule has 0 atom stereocenters. The van der Waals surface area contributed by atoms with Gasteiger partial charge in [0.25, 0.3) is 0 Å². The molecule has 1 amide bonds. The Hall–Kier alpha value is -1.49. The zero-order chi connectivity index (χ0) is 11.3. The van der Waals surface area contributed by atoms with Crippen LogP contribution in [-0.2, 0) is 9.90 Å². The molecule has 1 rings (SSSR count). The maximum atomic E-state index is 11.4. The van der Waals surface area contributed by atoms with E-state index >= 15 is 0 Å². The van der Waals surface area contributed by atoms with Gasteiger partial charge in [0.1, 0.15) is 6.54 Å². The minimum Gasteiger partial charge on any atom is -0.352 e. The molecule has 1 N–H and O–H groups in total. The first-order chi connectivity index (χ1) is 7.11. The molecule has 0 aromatic rings. The average molecular weight is 210 g/mol. The Labute approximate surface area is 89.7 Å². The van der Waals surface area contributed by atoms with Crippen molar-refractivity contribution in [3.8, 4) is 0 Å². The van der Waals surface area contributed by atoms with Gasteiger partial charge in [-0.3, -0.25) is 4.79 Å². The number of carbonyl (C=O) groups is 1. The molecule has 1 radical (unpaired) electrons. The fraction of sp³-hybridized carbons (Fsp3) is 0.500. The highest BCUT2D eigenvalue weighted by Crippen LogP contribution is 2.03. The minimum absolute atomic E-state index is 0.0325. The van der Waals surface area contributed by atoms with Crippen molar-refractivity contribution in [2.45, 2.75) is 19.9 Å². The van der Waals surface area contributed by atoms with E-state index < -0.39 is 0 Å². The van der Waals surface area contributed by atoms with E-state index in [2.05, 4.69) is 5.32 Å². The fourth-order valence-electron chi connectivity index (χ4n) is 1.17. The lowest BCUT2D eigenvalue weighted by molar-refractivity contribution is -0.121. The standard InChI is InChI=1S/C10H16N3O2/c1-9(2)11-10(15)7-12-3-5-13(8-14)6-4-12/h3-6,9H,7-8H2,1-2H3,(H,11,15). The van der Waals surface area contributed by atoms with E-state index in [0.717, 1.165) is 0 Å². The summed E-state index contributed by atoms with van der Waals surface area (Å²) in [6, 6.07) is 0.147. The molecule has 0 aliphatic carbocycles. The summed E-state index contributed by atoms with van der Waals surface area (Å²) in [6.07, 6.45) is 6.71. The third-order valence-electron chi connectivity index (χ3n) is 1.82. The monoisotopic (exact) mass is 210 g/mol. The fourth-order valence-corrected chi connectivity index (χ4v) is 1.17. The summed E-state index contributed by atoms with van der Waals surface area (Å²) >= 11 is 0. The van der Waals surface area contributed by atoms with Crippen LogP contribution >= 0.6 is 0 Å². The number of carbonyl (C=O) groups excluding carboxylic acids is 1. The SMILES string of the molecule is CC(C)NC(=O)CN1C=CN(C[O])C=C1. The lowest BCUT2D eigenvalue weighted by Crippen LogP contribution is -2.37. The van der Waals surface area contributed by atoms with Crippen LogP contribution in [0.1, 0.15) is 13.8 Å². The Bertz CT molecular complexity index is 260. The molecule has 1 aliphatic rings. The quantitative estimate of drug-likeness (QED) is 0.733. The summed E-state index contributed by atoms with van der Waals surface area (Å²) in [5.74, 6) is -0.0325. The van der Waals surface area contributed by atoms with Gasteiger partial charge in [0.05, 0.1) is 0 Å². The third kappa shape index (κ3) is 4.03. The largest absolute Gasteiger partial charge is 0.352 e. The van der Waals surface area contributed by atoms with E-state index in [1.807, 2.05) is 13.8 Å². The molecule has 0 saturated heterocycles. The van der Waals surface area contributed by atoms with Gasteiger partial charge in [-0.05, 0) is 13.8 Å². The zero-order valence-electron chi connectivity index (χ0n) is 9.01. The van der Waals surface area contributed by atoms with Crippen LogP contribution in [0.25, 0.3) is 0 Å². The number of nitrogens with zero attached hydrogens (tertiary/aromatic N) is 2. The van der Waals surface area contributed by atoms with E-state index in [9.17, 15) is 9.90 Å². The highest BCUT2D eigenvalue weighted by molar-refractivity contribution is 5.78. The summed E-state index contributed by atoms with van der Waals surface area (Å²) in [6.45, 7) is 3.80. The maximum Gasteiger partial charge on any atom is 0.240 e. The summed E-state index contributed by atoms with van der Waals surface area (Å²) in [5, 5.41) is 13.3. The van der Waals surface area contributed by atoms with E-state index in [4.69, 9.17) is 0 Å². The van der Waals surface area contributed by atoms with Gasteiger partial charge in [-0.2, -0.15) is 0 Å². The van der Waals surface area contributed by atoms with Crippen molar-refractivity contribution in [2.75, 3.05) is 13.3 Å². The third-order valence-corrected chi connectivity index (χ3v) is 1.82. The molecule has 1 heterocycles. The van der Waals surface area contributed by atoms with Crippen LogP contribution in [0.2, 0.25) is 0 Å². The molecular formula is C10H16N3O2. The van der Waals surface area contributed by atoms with E-state index in [-0.39, 0.29) is 25.2 Å². The predicted octanol–water partition coefficient (Wildman–Crippen LogP) is 0.459. The summed E-state index contributed by atoms with van der Waals surface area (Å²) in [5.41, 5.74) is 0. The van der Waals surface area contributed by atoms with Crippen LogP contribution in [0.3, 0.4) is 0 Å². The van der Waals surface area contributed by atoms with Crippen molar-refractivity contribution in [3.05, 3.63) is 24.8 Å². The summed E-state index contributed by atoms with van der Waals surface area (Å²) in [7, 11) is 0. The zero-order valence-corrected chi connectivity index (χ0v) is 9.01. The lowest BCUT2D eigenvalue weighted by atomic mass is 10.4. The van der Waals surface area contributed by atoms with E-state index in [1.165, 1.54) is 4.90 Å². The molecule has 5 nitrogen and oxygen atoms in total. The van der Waals surface area contributed by atoms with Crippen LogP contribution in [0.15, 0.2) is 24.8 Å². The molecule has 1 aliphatic heterocycles. The smallest absolute Gasteiger partial charge is 0.240 e. The molecular weight excluding hydrogens is 194 g/mol. The molecule has 0 saturated carbocycles. The van der Waals surface area contributed by atoms with Crippen molar-refractivity contribution >= 4 is 5.91 Å². The number of amides is 1. The van der Waals surface area contributed by atoms with Gasteiger partial charge in [-0.25, -0.2) is 5.11 Å². The summed E-state index contributed by atoms with van der Waals surface area (Å²) < 4.78 is 0. The first kappa shape index (κ1) is 11.6. The van der Waals surface area contributed by atoms with Crippen LogP contribution in [0.4, 0.5) is 0 Å². The highest BCUT2D eigenvalue weighted by atomic mass is 16.3. The van der Waals surface area contributed by atoms with Crippen LogP contribution < -0.4 is 5.32 Å². The van der Waals surface area contributed by atoms with Gasteiger partial charge in [-0.1, -0.05) is 0 Å². The van der Waals surface area contributed by atoms with Crippen LogP contribution in [-0.4, -0.2) is 35.0 Å². The second-order valence-electron chi connectivity index (χ2n) is 3.63. The molecule has 0 spiro atoms. The van der Waals surface area contributed by atoms with Gasteiger partial charge in [0.2, 0.25) is 5.91 Å². The normalized spacial score (nSPS) is 14.9. The van der Waals surface area contributed by atoms with Gasteiger partial charge < -0.3 is 15.1 Å². The molecule has 5 heteroatoms. The van der Waals surface area contributed by atoms with E-state index in [1.54, 1.807) is 29.7 Å². The summed E-state index contributed by atoms with van der Waals surface area (Å²) in [4.78, 5) is 14.6. The minimum atomic E-state index is -0.307. The molecule has 0 aromatic carbocycles. The van der Waals surface area contributed by atoms with Crippen LogP contribution in [0.5, 0.6) is 0 Å². The molecule has 83 valence electrons. The van der Waals surface area contributed by atoms with Gasteiger partial charge >= 0.3 is 0 Å². The Morgan fingerprint density at radius 1 is 1.20 bits per heavy atom. The van der Waals surface area contributed by atoms with Gasteiger partial charge in [0.15, 0.2) is 6.73 Å². The highest BCUT2D eigenvalue weighted by Gasteiger charge is 2.08. The number of hydrogen-bond donors (Lipinski definition) is 1. The second kappa shape index (κ2) is 5.41. The first-order valence-corrected chi connectivity index (χ1v) is 4.87. The van der Waals surface area contributed by atoms with Gasteiger partial charge in [-0.15, -0.1) is 0 Å². The van der Waals surface area contributed by atoms with Crippen molar-refractivity contribution in [1.82, 2.24) is 15.1 Å². The van der Waals surface area contributed by atoms with Crippen molar-refractivity contribution in [1.29, 1.82) is 0 Å². The Morgan fingerprint density at radius 3 is 2.20 bits per heavy atom. The predicted molar refractivity (Wildman–Crippen MR) is 55.7 cm³/mol. The molecule has 0 aromatic heterocycles. The van der Waals surface area contributed by atoms with E-state index in [0.29, 0.717) is 0 Å². The molecule has 0 unspecified atom stereocenters. The maximum absolute atomic E-state index is 11.4. The second-order valence-corrected chi connectivity index (χ2v) is 3.63. The van der Waals surface area contributed by atoms with Crippen LogP contribution in [0, 0.1) is 0 Å². The Kier molecular flexibility index (Phi) is 4.17. The van der Waals surface area contributed by atoms with Crippen molar-refractivity contribution in [3.63, 3.8) is 0 Å². The van der Waals surface area contributed by atoms with Crippen molar-refractivity contribution < 1.29 is 9.90 Å². The Balaban J connectivity index is 2.35. The van der Waals surface area contributed by atoms with Gasteiger partial charge in [0, 0.05) is 30.8 Å². The molecule has 0 bridgehead atoms. The first-order valence-electron chi connectivity index (χ1n) is 4.87. The molecule has 0 fully saturated rings. The number of hydrogen-bond acceptors (Lipinski definition) is 3. The molecule has 15 heavy (non-hydrogen) atoms. The number of nitrogens with one attached hydrogen (secondary N) is 1. The Morgan fingerprint density at radius 2 is 1.73 bits per heavy atom.